The minimum absolute atomic E-state index is 0.328. The Hall–Kier alpha value is -1.91. The maximum Gasteiger partial charge on any atom is 0.307 e. The van der Waals surface area contributed by atoms with E-state index in [1.807, 2.05) is 0 Å². The van der Waals surface area contributed by atoms with Crippen molar-refractivity contribution in [3.8, 4) is 0 Å². The van der Waals surface area contributed by atoms with E-state index >= 15 is 0 Å². The van der Waals surface area contributed by atoms with E-state index in [4.69, 9.17) is 0 Å². The molecule has 1 aliphatic carbocycles. The number of benzene rings is 1. The number of carboxylic acids is 1. The zero-order chi connectivity index (χ0) is 14.7. The minimum Gasteiger partial charge on any atom is -0.481 e. The number of hydrogen-bond acceptors (Lipinski definition) is 2. The van der Waals surface area contributed by atoms with E-state index in [1.165, 1.54) is 12.1 Å². The molecule has 0 bridgehead atoms. The summed E-state index contributed by atoms with van der Waals surface area (Å²) >= 11 is 0. The Balaban J connectivity index is 2.14. The van der Waals surface area contributed by atoms with Gasteiger partial charge in [-0.3, -0.25) is 9.59 Å². The molecule has 0 unspecified atom stereocenters. The normalized spacial score (nSPS) is 22.3. The Kier molecular flexibility index (Phi) is 4.37. The Morgan fingerprint density at radius 3 is 2.55 bits per heavy atom. The van der Waals surface area contributed by atoms with Crippen molar-refractivity contribution in [1.29, 1.82) is 0 Å². The van der Waals surface area contributed by atoms with Crippen LogP contribution >= 0.6 is 0 Å². The van der Waals surface area contributed by atoms with Crippen molar-refractivity contribution in [2.75, 3.05) is 5.32 Å². The van der Waals surface area contributed by atoms with Gasteiger partial charge in [-0.25, -0.2) is 4.39 Å². The lowest BCUT2D eigenvalue weighted by molar-refractivity contribution is -0.147. The molecule has 0 aliphatic heterocycles. The molecule has 0 aromatic heterocycles. The maximum atomic E-state index is 13.2. The first-order chi connectivity index (χ1) is 9.49. The van der Waals surface area contributed by atoms with Gasteiger partial charge in [0.15, 0.2) is 0 Å². The van der Waals surface area contributed by atoms with Crippen LogP contribution in [-0.2, 0) is 9.59 Å². The largest absolute Gasteiger partial charge is 0.481 e. The summed E-state index contributed by atoms with van der Waals surface area (Å²) in [6, 6.07) is 4.16. The van der Waals surface area contributed by atoms with Gasteiger partial charge in [-0.05, 0) is 37.5 Å². The zero-order valence-electron chi connectivity index (χ0n) is 11.4. The summed E-state index contributed by atoms with van der Waals surface area (Å²) < 4.78 is 13.2. The van der Waals surface area contributed by atoms with Crippen LogP contribution in [0.1, 0.15) is 31.2 Å². The lowest BCUT2D eigenvalue weighted by Crippen LogP contribution is -2.36. The fourth-order valence-electron chi connectivity index (χ4n) is 2.69. The van der Waals surface area contributed by atoms with E-state index in [1.54, 1.807) is 13.0 Å². The minimum atomic E-state index is -0.930. The third-order valence-corrected chi connectivity index (χ3v) is 3.88. The Labute approximate surface area is 117 Å². The predicted octanol–water partition coefficient (Wildman–Crippen LogP) is 2.96. The number of carboxylic acid groups (broad SMARTS) is 1. The summed E-state index contributed by atoms with van der Waals surface area (Å²) in [4.78, 5) is 23.5. The predicted molar refractivity (Wildman–Crippen MR) is 72.9 cm³/mol. The SMILES string of the molecule is Cc1ccc(F)cc1NC(=O)[C@@H]1CCCC[C@@H]1C(=O)O. The van der Waals surface area contributed by atoms with Gasteiger partial charge >= 0.3 is 5.97 Å². The van der Waals surface area contributed by atoms with Crippen molar-refractivity contribution in [3.63, 3.8) is 0 Å². The molecule has 2 rings (SSSR count). The van der Waals surface area contributed by atoms with Crippen LogP contribution in [0, 0.1) is 24.6 Å². The van der Waals surface area contributed by atoms with Gasteiger partial charge < -0.3 is 10.4 Å². The lowest BCUT2D eigenvalue weighted by atomic mass is 9.78. The fraction of sp³-hybridized carbons (Fsp3) is 0.467. The molecule has 5 heteroatoms. The molecule has 1 saturated carbocycles. The van der Waals surface area contributed by atoms with Crippen LogP contribution in [0.15, 0.2) is 18.2 Å². The summed E-state index contributed by atoms with van der Waals surface area (Å²) in [6.07, 6.45) is 2.77. The second-order valence-corrected chi connectivity index (χ2v) is 5.28. The first-order valence-electron chi connectivity index (χ1n) is 6.79. The third kappa shape index (κ3) is 3.15. The summed E-state index contributed by atoms with van der Waals surface area (Å²) in [6.45, 7) is 1.77. The molecule has 0 radical (unpaired) electrons. The van der Waals surface area contributed by atoms with Crippen LogP contribution in [0.4, 0.5) is 10.1 Å². The van der Waals surface area contributed by atoms with Gasteiger partial charge in [0, 0.05) is 5.69 Å². The highest BCUT2D eigenvalue weighted by Crippen LogP contribution is 2.31. The molecular weight excluding hydrogens is 261 g/mol. The molecule has 2 N–H and O–H groups in total. The van der Waals surface area contributed by atoms with Gasteiger partial charge in [-0.15, -0.1) is 0 Å². The van der Waals surface area contributed by atoms with Gasteiger partial charge in [-0.1, -0.05) is 18.9 Å². The highest BCUT2D eigenvalue weighted by molar-refractivity contribution is 5.95. The third-order valence-electron chi connectivity index (χ3n) is 3.88. The van der Waals surface area contributed by atoms with Gasteiger partial charge in [0.1, 0.15) is 5.82 Å². The molecule has 4 nitrogen and oxygen atoms in total. The van der Waals surface area contributed by atoms with Crippen molar-refractivity contribution in [1.82, 2.24) is 0 Å². The van der Waals surface area contributed by atoms with E-state index in [0.29, 0.717) is 18.5 Å². The highest BCUT2D eigenvalue weighted by Gasteiger charge is 2.35. The standard InChI is InChI=1S/C15H18FNO3/c1-9-6-7-10(16)8-13(9)17-14(18)11-4-2-3-5-12(11)15(19)20/h6-8,11-12H,2-5H2,1H3,(H,17,18)(H,19,20)/t11-,12+/m1/s1. The molecule has 1 fully saturated rings. The molecule has 20 heavy (non-hydrogen) atoms. The first-order valence-corrected chi connectivity index (χ1v) is 6.79. The van der Waals surface area contributed by atoms with Crippen molar-refractivity contribution >= 4 is 17.6 Å². The van der Waals surface area contributed by atoms with E-state index in [9.17, 15) is 19.1 Å². The second kappa shape index (κ2) is 6.03. The van der Waals surface area contributed by atoms with Gasteiger partial charge in [0.25, 0.3) is 0 Å². The van der Waals surface area contributed by atoms with Crippen LogP contribution in [0.25, 0.3) is 0 Å². The highest BCUT2D eigenvalue weighted by atomic mass is 19.1. The first kappa shape index (κ1) is 14.5. The molecule has 0 saturated heterocycles. The maximum absolute atomic E-state index is 13.2. The molecule has 1 amide bonds. The number of nitrogens with one attached hydrogen (secondary N) is 1. The van der Waals surface area contributed by atoms with Crippen LogP contribution in [0.5, 0.6) is 0 Å². The summed E-state index contributed by atoms with van der Waals surface area (Å²) in [5.41, 5.74) is 1.16. The number of aliphatic carboxylic acids is 1. The van der Waals surface area contributed by atoms with E-state index in [-0.39, 0.29) is 5.91 Å². The molecule has 1 aliphatic rings. The topological polar surface area (TPSA) is 66.4 Å². The summed E-state index contributed by atoms with van der Waals surface area (Å²) in [5.74, 6) is -2.86. The van der Waals surface area contributed by atoms with Crippen molar-refractivity contribution in [2.45, 2.75) is 32.6 Å². The van der Waals surface area contributed by atoms with E-state index in [2.05, 4.69) is 5.32 Å². The zero-order valence-corrected chi connectivity index (χ0v) is 11.4. The lowest BCUT2D eigenvalue weighted by Gasteiger charge is -2.27. The average molecular weight is 279 g/mol. The number of anilines is 1. The molecular formula is C15H18FNO3. The Morgan fingerprint density at radius 1 is 1.25 bits per heavy atom. The average Bonchev–Trinajstić information content (AvgIpc) is 2.42. The second-order valence-electron chi connectivity index (χ2n) is 5.28. The number of amides is 1. The van der Waals surface area contributed by atoms with Gasteiger partial charge in [-0.2, -0.15) is 0 Å². The number of carbonyl (C=O) groups excluding carboxylic acids is 1. The Morgan fingerprint density at radius 2 is 1.90 bits per heavy atom. The van der Waals surface area contributed by atoms with Crippen LogP contribution < -0.4 is 5.32 Å². The number of halogens is 1. The van der Waals surface area contributed by atoms with E-state index < -0.39 is 23.6 Å². The fourth-order valence-corrected chi connectivity index (χ4v) is 2.69. The summed E-state index contributed by atoms with van der Waals surface area (Å²) in [5, 5.41) is 11.8. The van der Waals surface area contributed by atoms with Crippen molar-refractivity contribution in [3.05, 3.63) is 29.6 Å². The Bertz CT molecular complexity index is 530. The monoisotopic (exact) mass is 279 g/mol. The number of rotatable bonds is 3. The number of carbonyl (C=O) groups is 2. The quantitative estimate of drug-likeness (QED) is 0.894. The summed E-state index contributed by atoms with van der Waals surface area (Å²) in [7, 11) is 0. The van der Waals surface area contributed by atoms with Crippen LogP contribution in [0.2, 0.25) is 0 Å². The number of aryl methyl sites for hydroxylation is 1. The molecule has 1 aromatic rings. The van der Waals surface area contributed by atoms with Crippen LogP contribution in [0.3, 0.4) is 0 Å². The number of hydrogen-bond donors (Lipinski definition) is 2. The van der Waals surface area contributed by atoms with Crippen molar-refractivity contribution < 1.29 is 19.1 Å². The van der Waals surface area contributed by atoms with E-state index in [0.717, 1.165) is 18.4 Å². The van der Waals surface area contributed by atoms with Crippen LogP contribution in [-0.4, -0.2) is 17.0 Å². The molecule has 0 heterocycles. The van der Waals surface area contributed by atoms with Gasteiger partial charge in [0.2, 0.25) is 5.91 Å². The molecule has 1 aromatic carbocycles. The van der Waals surface area contributed by atoms with Crippen molar-refractivity contribution in [2.24, 2.45) is 11.8 Å². The smallest absolute Gasteiger partial charge is 0.307 e. The molecule has 2 atom stereocenters. The molecule has 0 spiro atoms. The molecule has 108 valence electrons. The van der Waals surface area contributed by atoms with Gasteiger partial charge in [0.05, 0.1) is 11.8 Å².